The van der Waals surface area contributed by atoms with E-state index >= 15 is 0 Å². The van der Waals surface area contributed by atoms with Crippen LogP contribution in [-0.2, 0) is 6.42 Å². The lowest BCUT2D eigenvalue weighted by Crippen LogP contribution is -2.02. The van der Waals surface area contributed by atoms with Crippen LogP contribution in [0.2, 0.25) is 0 Å². The van der Waals surface area contributed by atoms with Crippen molar-refractivity contribution in [2.75, 3.05) is 5.73 Å². The summed E-state index contributed by atoms with van der Waals surface area (Å²) in [6.07, 6.45) is 0.836. The van der Waals surface area contributed by atoms with Gasteiger partial charge in [0.05, 0.1) is 0 Å². The predicted molar refractivity (Wildman–Crippen MR) is 57.8 cm³/mol. The molecule has 0 fully saturated rings. The van der Waals surface area contributed by atoms with Crippen molar-refractivity contribution in [3.63, 3.8) is 0 Å². The van der Waals surface area contributed by atoms with Crippen molar-refractivity contribution in [3.05, 3.63) is 34.8 Å². The lowest BCUT2D eigenvalue weighted by atomic mass is 10.1. The number of ether oxygens (including phenoxy) is 1. The molecule has 4 nitrogen and oxygen atoms in total. The SMILES string of the molecule is Nc1nnc(C2Cc3ccccc3O2)s1. The van der Waals surface area contributed by atoms with Crippen LogP contribution in [0.1, 0.15) is 16.7 Å². The molecule has 3 rings (SSSR count). The largest absolute Gasteiger partial charge is 0.483 e. The van der Waals surface area contributed by atoms with Crippen LogP contribution in [0.5, 0.6) is 5.75 Å². The summed E-state index contributed by atoms with van der Waals surface area (Å²) in [5.41, 5.74) is 6.76. The molecule has 0 bridgehead atoms. The van der Waals surface area contributed by atoms with Crippen LogP contribution >= 0.6 is 11.3 Å². The van der Waals surface area contributed by atoms with Crippen molar-refractivity contribution >= 4 is 16.5 Å². The summed E-state index contributed by atoms with van der Waals surface area (Å²) in [5, 5.41) is 9.13. The van der Waals surface area contributed by atoms with E-state index in [-0.39, 0.29) is 6.10 Å². The molecule has 5 heteroatoms. The fourth-order valence-electron chi connectivity index (χ4n) is 1.70. The lowest BCUT2D eigenvalue weighted by Gasteiger charge is -2.04. The number of nitrogen functional groups attached to an aromatic ring is 1. The van der Waals surface area contributed by atoms with Gasteiger partial charge < -0.3 is 10.5 Å². The molecule has 0 radical (unpaired) electrons. The van der Waals surface area contributed by atoms with E-state index in [4.69, 9.17) is 10.5 Å². The Morgan fingerprint density at radius 2 is 2.20 bits per heavy atom. The second-order valence-electron chi connectivity index (χ2n) is 3.40. The maximum atomic E-state index is 5.76. The molecule has 2 N–H and O–H groups in total. The van der Waals surface area contributed by atoms with Crippen molar-refractivity contribution in [2.45, 2.75) is 12.5 Å². The van der Waals surface area contributed by atoms with Crippen molar-refractivity contribution in [3.8, 4) is 5.75 Å². The zero-order chi connectivity index (χ0) is 10.3. The van der Waals surface area contributed by atoms with Gasteiger partial charge in [-0.3, -0.25) is 0 Å². The predicted octanol–water partition coefficient (Wildman–Crippen LogP) is 1.80. The van der Waals surface area contributed by atoms with Gasteiger partial charge in [0.25, 0.3) is 0 Å². The number of anilines is 1. The number of nitrogens with zero attached hydrogens (tertiary/aromatic N) is 2. The molecule has 1 aromatic carbocycles. The summed E-state index contributed by atoms with van der Waals surface area (Å²) in [6.45, 7) is 0. The first-order valence-corrected chi connectivity index (χ1v) is 5.48. The van der Waals surface area contributed by atoms with E-state index in [1.807, 2.05) is 18.2 Å². The third kappa shape index (κ3) is 1.45. The van der Waals surface area contributed by atoms with Crippen LogP contribution < -0.4 is 10.5 Å². The maximum Gasteiger partial charge on any atom is 0.203 e. The van der Waals surface area contributed by atoms with Crippen LogP contribution in [-0.4, -0.2) is 10.2 Å². The van der Waals surface area contributed by atoms with E-state index in [9.17, 15) is 0 Å². The normalized spacial score (nSPS) is 18.5. The Morgan fingerprint density at radius 1 is 1.33 bits per heavy atom. The minimum atomic E-state index is -0.0165. The molecule has 15 heavy (non-hydrogen) atoms. The Hall–Kier alpha value is -1.62. The summed E-state index contributed by atoms with van der Waals surface area (Å²) >= 11 is 1.39. The van der Waals surface area contributed by atoms with Crippen molar-refractivity contribution in [1.29, 1.82) is 0 Å². The number of hydrogen-bond acceptors (Lipinski definition) is 5. The average molecular weight is 219 g/mol. The lowest BCUT2D eigenvalue weighted by molar-refractivity contribution is 0.237. The minimum Gasteiger partial charge on any atom is -0.483 e. The summed E-state index contributed by atoms with van der Waals surface area (Å²) in [5.74, 6) is 0.941. The highest BCUT2D eigenvalue weighted by atomic mass is 32.1. The van der Waals surface area contributed by atoms with Gasteiger partial charge in [-0.25, -0.2) is 0 Å². The number of aromatic nitrogens is 2. The monoisotopic (exact) mass is 219 g/mol. The first kappa shape index (κ1) is 8.67. The summed E-state index contributed by atoms with van der Waals surface area (Å²) in [4.78, 5) is 0. The highest BCUT2D eigenvalue weighted by Gasteiger charge is 2.26. The quantitative estimate of drug-likeness (QED) is 0.794. The van der Waals surface area contributed by atoms with Gasteiger partial charge in [0.2, 0.25) is 5.13 Å². The minimum absolute atomic E-state index is 0.0165. The van der Waals surface area contributed by atoms with Gasteiger partial charge >= 0.3 is 0 Å². The highest BCUT2D eigenvalue weighted by molar-refractivity contribution is 7.15. The van der Waals surface area contributed by atoms with E-state index in [1.54, 1.807) is 0 Å². The molecule has 2 aromatic rings. The Balaban J connectivity index is 1.90. The average Bonchev–Trinajstić information content (AvgIpc) is 2.82. The van der Waals surface area contributed by atoms with Gasteiger partial charge in [0, 0.05) is 6.42 Å². The van der Waals surface area contributed by atoms with E-state index in [1.165, 1.54) is 16.9 Å². The van der Waals surface area contributed by atoms with Crippen molar-refractivity contribution < 1.29 is 4.74 Å². The summed E-state index contributed by atoms with van der Waals surface area (Å²) in [6, 6.07) is 8.02. The fraction of sp³-hybridized carbons (Fsp3) is 0.200. The molecule has 76 valence electrons. The zero-order valence-corrected chi connectivity index (χ0v) is 8.70. The number of rotatable bonds is 1. The third-order valence-electron chi connectivity index (χ3n) is 2.38. The van der Waals surface area contributed by atoms with Gasteiger partial charge in [0.15, 0.2) is 11.1 Å². The first-order chi connectivity index (χ1) is 7.33. The van der Waals surface area contributed by atoms with Crippen LogP contribution in [0.25, 0.3) is 0 Å². The van der Waals surface area contributed by atoms with Crippen LogP contribution in [0.15, 0.2) is 24.3 Å². The molecule has 1 unspecified atom stereocenters. The number of para-hydroxylation sites is 1. The highest BCUT2D eigenvalue weighted by Crippen LogP contribution is 2.37. The molecular formula is C10H9N3OS. The molecular weight excluding hydrogens is 210 g/mol. The number of fused-ring (bicyclic) bond motifs is 1. The van der Waals surface area contributed by atoms with Crippen molar-refractivity contribution in [1.82, 2.24) is 10.2 Å². The standard InChI is InChI=1S/C10H9N3OS/c11-10-13-12-9(15-10)8-5-6-3-1-2-4-7(6)14-8/h1-4,8H,5H2,(H2,11,13). The van der Waals surface area contributed by atoms with Gasteiger partial charge in [-0.2, -0.15) is 0 Å². The van der Waals surface area contributed by atoms with Gasteiger partial charge in [-0.1, -0.05) is 29.5 Å². The van der Waals surface area contributed by atoms with E-state index < -0.39 is 0 Å². The van der Waals surface area contributed by atoms with Crippen LogP contribution in [0.3, 0.4) is 0 Å². The van der Waals surface area contributed by atoms with Crippen molar-refractivity contribution in [2.24, 2.45) is 0 Å². The second-order valence-corrected chi connectivity index (χ2v) is 4.44. The smallest absolute Gasteiger partial charge is 0.203 e. The maximum absolute atomic E-state index is 5.76. The Kier molecular flexibility index (Phi) is 1.85. The Morgan fingerprint density at radius 3 is 2.93 bits per heavy atom. The number of benzene rings is 1. The van der Waals surface area contributed by atoms with Gasteiger partial charge in [0.1, 0.15) is 5.75 Å². The first-order valence-electron chi connectivity index (χ1n) is 4.66. The number of hydrogen-bond donors (Lipinski definition) is 1. The second kappa shape index (κ2) is 3.20. The molecule has 1 atom stereocenters. The molecule has 0 amide bonds. The molecule has 0 saturated carbocycles. The molecule has 0 spiro atoms. The molecule has 2 heterocycles. The fourth-order valence-corrected chi connectivity index (χ4v) is 2.34. The third-order valence-corrected chi connectivity index (χ3v) is 3.22. The molecule has 0 saturated heterocycles. The van der Waals surface area contributed by atoms with E-state index in [2.05, 4.69) is 16.3 Å². The molecule has 1 aliphatic rings. The molecule has 1 aromatic heterocycles. The zero-order valence-electron chi connectivity index (χ0n) is 7.88. The van der Waals surface area contributed by atoms with E-state index in [0.29, 0.717) is 5.13 Å². The van der Waals surface area contributed by atoms with Crippen LogP contribution in [0, 0.1) is 0 Å². The molecule has 0 aliphatic carbocycles. The summed E-state index contributed by atoms with van der Waals surface area (Å²) in [7, 11) is 0. The Labute approximate surface area is 90.7 Å². The van der Waals surface area contributed by atoms with Crippen LogP contribution in [0.4, 0.5) is 5.13 Å². The van der Waals surface area contributed by atoms with E-state index in [0.717, 1.165) is 17.2 Å². The Bertz CT molecular complexity index is 472. The van der Waals surface area contributed by atoms with Gasteiger partial charge in [-0.05, 0) is 11.6 Å². The molecule has 1 aliphatic heterocycles. The topological polar surface area (TPSA) is 61.0 Å². The number of nitrogens with two attached hydrogens (primary N) is 1. The van der Waals surface area contributed by atoms with Gasteiger partial charge in [-0.15, -0.1) is 10.2 Å². The summed E-state index contributed by atoms with van der Waals surface area (Å²) < 4.78 is 5.76.